The van der Waals surface area contributed by atoms with Crippen molar-refractivity contribution in [2.45, 2.75) is 77.0 Å². The number of benzene rings is 1. The molecule has 1 fully saturated rings. The van der Waals surface area contributed by atoms with Crippen molar-refractivity contribution < 1.29 is 0 Å². The highest BCUT2D eigenvalue weighted by Gasteiger charge is 2.36. The number of hydrogen-bond acceptors (Lipinski definition) is 1. The highest BCUT2D eigenvalue weighted by molar-refractivity contribution is 5.35. The number of unbranched alkanes of at least 4 members (excludes halogenated alkanes) is 1. The smallest absolute Gasteiger partial charge is 0.0822 e. The minimum absolute atomic E-state index is 0.215. The summed E-state index contributed by atoms with van der Waals surface area (Å²) in [6, 6.07) is 11.5. The van der Waals surface area contributed by atoms with Gasteiger partial charge in [-0.1, -0.05) is 63.8 Å². The standard InChI is InChI=1S/C20H29N/c1-3-5-7-18-12-14-20(16-21,15-13-18)19-10-8-17(6-4-2)9-11-19/h8-11,18H,3-7,12-15H2,1-2H3/t18-,20+. The molecule has 114 valence electrons. The Morgan fingerprint density at radius 3 is 2.29 bits per heavy atom. The predicted molar refractivity (Wildman–Crippen MR) is 89.2 cm³/mol. The summed E-state index contributed by atoms with van der Waals surface area (Å²) in [4.78, 5) is 0. The molecule has 1 aliphatic rings. The first kappa shape index (κ1) is 16.1. The molecular formula is C20H29N. The highest BCUT2D eigenvalue weighted by Crippen LogP contribution is 2.42. The van der Waals surface area contributed by atoms with Crippen LogP contribution in [-0.2, 0) is 11.8 Å². The maximum atomic E-state index is 9.78. The monoisotopic (exact) mass is 283 g/mol. The molecule has 2 rings (SSSR count). The second-order valence-electron chi connectivity index (χ2n) is 6.73. The molecule has 1 aromatic carbocycles. The lowest BCUT2D eigenvalue weighted by Crippen LogP contribution is -2.30. The molecule has 0 N–H and O–H groups in total. The molecule has 0 heterocycles. The van der Waals surface area contributed by atoms with Gasteiger partial charge in [0.1, 0.15) is 0 Å². The van der Waals surface area contributed by atoms with Crippen LogP contribution in [-0.4, -0.2) is 0 Å². The van der Waals surface area contributed by atoms with Crippen LogP contribution in [0.5, 0.6) is 0 Å². The van der Waals surface area contributed by atoms with Crippen molar-refractivity contribution in [1.29, 1.82) is 5.26 Å². The molecule has 1 heteroatoms. The average Bonchev–Trinajstić information content (AvgIpc) is 2.54. The zero-order chi connectivity index (χ0) is 15.1. The van der Waals surface area contributed by atoms with E-state index in [0.29, 0.717) is 0 Å². The molecule has 1 nitrogen and oxygen atoms in total. The van der Waals surface area contributed by atoms with Crippen LogP contribution in [0.1, 0.15) is 76.3 Å². The summed E-state index contributed by atoms with van der Waals surface area (Å²) in [6.07, 6.45) is 10.9. The van der Waals surface area contributed by atoms with E-state index in [0.717, 1.165) is 25.2 Å². The van der Waals surface area contributed by atoms with Crippen LogP contribution >= 0.6 is 0 Å². The van der Waals surface area contributed by atoms with Gasteiger partial charge in [0.2, 0.25) is 0 Å². The SMILES string of the molecule is CCCC[C@H]1CC[C@@](C#N)(c2ccc(CCC)cc2)CC1. The van der Waals surface area contributed by atoms with E-state index in [-0.39, 0.29) is 5.41 Å². The lowest BCUT2D eigenvalue weighted by molar-refractivity contribution is 0.262. The fourth-order valence-electron chi connectivity index (χ4n) is 3.70. The molecule has 0 amide bonds. The van der Waals surface area contributed by atoms with Crippen molar-refractivity contribution in [2.75, 3.05) is 0 Å². The average molecular weight is 283 g/mol. The van der Waals surface area contributed by atoms with Crippen molar-refractivity contribution in [3.8, 4) is 6.07 Å². The maximum absolute atomic E-state index is 9.78. The van der Waals surface area contributed by atoms with Crippen LogP contribution in [0.4, 0.5) is 0 Å². The van der Waals surface area contributed by atoms with E-state index in [2.05, 4.69) is 44.2 Å². The first-order chi connectivity index (χ1) is 10.2. The normalized spacial score (nSPS) is 25.5. The van der Waals surface area contributed by atoms with Gasteiger partial charge in [-0.25, -0.2) is 0 Å². The van der Waals surface area contributed by atoms with Gasteiger partial charge in [-0.05, 0) is 49.1 Å². The van der Waals surface area contributed by atoms with Gasteiger partial charge in [0.15, 0.2) is 0 Å². The van der Waals surface area contributed by atoms with E-state index >= 15 is 0 Å². The fraction of sp³-hybridized carbons (Fsp3) is 0.650. The fourth-order valence-corrected chi connectivity index (χ4v) is 3.70. The van der Waals surface area contributed by atoms with Crippen LogP contribution in [0.3, 0.4) is 0 Å². The van der Waals surface area contributed by atoms with Crippen molar-refractivity contribution in [3.05, 3.63) is 35.4 Å². The quantitative estimate of drug-likeness (QED) is 0.649. The molecule has 0 radical (unpaired) electrons. The van der Waals surface area contributed by atoms with Crippen molar-refractivity contribution in [3.63, 3.8) is 0 Å². The Balaban J connectivity index is 2.04. The lowest BCUT2D eigenvalue weighted by atomic mass is 9.67. The van der Waals surface area contributed by atoms with Gasteiger partial charge in [0.05, 0.1) is 11.5 Å². The topological polar surface area (TPSA) is 23.8 Å². The molecule has 0 spiro atoms. The van der Waals surface area contributed by atoms with Gasteiger partial charge < -0.3 is 0 Å². The molecule has 0 bridgehead atoms. The summed E-state index contributed by atoms with van der Waals surface area (Å²) in [7, 11) is 0. The Morgan fingerprint density at radius 1 is 1.10 bits per heavy atom. The Hall–Kier alpha value is -1.29. The summed E-state index contributed by atoms with van der Waals surface area (Å²) in [5.41, 5.74) is 2.43. The largest absolute Gasteiger partial charge is 0.197 e. The predicted octanol–water partition coefficient (Wildman–Crippen LogP) is 5.78. The van der Waals surface area contributed by atoms with E-state index in [9.17, 15) is 5.26 Å². The van der Waals surface area contributed by atoms with Crippen LogP contribution < -0.4 is 0 Å². The van der Waals surface area contributed by atoms with Gasteiger partial charge >= 0.3 is 0 Å². The Morgan fingerprint density at radius 2 is 1.76 bits per heavy atom. The van der Waals surface area contributed by atoms with Crippen LogP contribution in [0.15, 0.2) is 24.3 Å². The third kappa shape index (κ3) is 3.88. The summed E-state index contributed by atoms with van der Waals surface area (Å²) in [6.45, 7) is 4.47. The van der Waals surface area contributed by atoms with Gasteiger partial charge in [-0.15, -0.1) is 0 Å². The van der Waals surface area contributed by atoms with Crippen molar-refractivity contribution >= 4 is 0 Å². The third-order valence-corrected chi connectivity index (χ3v) is 5.18. The second-order valence-corrected chi connectivity index (χ2v) is 6.73. The number of nitriles is 1. The number of hydrogen-bond donors (Lipinski definition) is 0. The van der Waals surface area contributed by atoms with Gasteiger partial charge in [0.25, 0.3) is 0 Å². The third-order valence-electron chi connectivity index (χ3n) is 5.18. The van der Waals surface area contributed by atoms with E-state index in [1.165, 1.54) is 49.7 Å². The van der Waals surface area contributed by atoms with Crippen molar-refractivity contribution in [1.82, 2.24) is 0 Å². The van der Waals surface area contributed by atoms with Crippen LogP contribution in [0.25, 0.3) is 0 Å². The molecule has 0 aliphatic heterocycles. The Kier molecular flexibility index (Phi) is 5.85. The first-order valence-corrected chi connectivity index (χ1v) is 8.74. The van der Waals surface area contributed by atoms with E-state index < -0.39 is 0 Å². The Labute approximate surface area is 130 Å². The minimum atomic E-state index is -0.215. The number of aryl methyl sites for hydroxylation is 1. The van der Waals surface area contributed by atoms with Gasteiger partial charge in [0, 0.05) is 0 Å². The zero-order valence-electron chi connectivity index (χ0n) is 13.7. The second kappa shape index (κ2) is 7.64. The molecule has 0 saturated heterocycles. The molecular weight excluding hydrogens is 254 g/mol. The molecule has 21 heavy (non-hydrogen) atoms. The van der Waals surface area contributed by atoms with Gasteiger partial charge in [-0.3, -0.25) is 0 Å². The van der Waals surface area contributed by atoms with E-state index in [4.69, 9.17) is 0 Å². The zero-order valence-corrected chi connectivity index (χ0v) is 13.7. The number of nitrogens with zero attached hydrogens (tertiary/aromatic N) is 1. The first-order valence-electron chi connectivity index (χ1n) is 8.74. The molecule has 1 saturated carbocycles. The Bertz CT molecular complexity index is 458. The highest BCUT2D eigenvalue weighted by atomic mass is 14.4. The summed E-state index contributed by atoms with van der Waals surface area (Å²) in [5.74, 6) is 0.853. The lowest BCUT2D eigenvalue weighted by Gasteiger charge is -2.35. The van der Waals surface area contributed by atoms with Crippen LogP contribution in [0.2, 0.25) is 0 Å². The summed E-state index contributed by atoms with van der Waals surface area (Å²) in [5, 5.41) is 9.78. The maximum Gasteiger partial charge on any atom is 0.0822 e. The minimum Gasteiger partial charge on any atom is -0.197 e. The molecule has 0 atom stereocenters. The molecule has 1 aliphatic carbocycles. The molecule has 1 aromatic rings. The van der Waals surface area contributed by atoms with E-state index in [1.54, 1.807) is 0 Å². The number of rotatable bonds is 6. The molecule has 0 aromatic heterocycles. The van der Waals surface area contributed by atoms with Gasteiger partial charge in [-0.2, -0.15) is 5.26 Å². The van der Waals surface area contributed by atoms with Crippen LogP contribution in [0, 0.1) is 17.2 Å². The van der Waals surface area contributed by atoms with Crippen molar-refractivity contribution in [2.24, 2.45) is 5.92 Å². The van der Waals surface area contributed by atoms with E-state index in [1.807, 2.05) is 0 Å². The summed E-state index contributed by atoms with van der Waals surface area (Å²) < 4.78 is 0. The summed E-state index contributed by atoms with van der Waals surface area (Å²) >= 11 is 0. The molecule has 0 unspecified atom stereocenters.